The van der Waals surface area contributed by atoms with Crippen LogP contribution in [0.25, 0.3) is 0 Å². The lowest BCUT2D eigenvalue weighted by Crippen LogP contribution is -2.55. The zero-order valence-corrected chi connectivity index (χ0v) is 24.4. The smallest absolute Gasteiger partial charge is 0.304 e. The Morgan fingerprint density at radius 3 is 2.03 bits per heavy atom. The first kappa shape index (κ1) is 30.3. The van der Waals surface area contributed by atoms with Gasteiger partial charge in [-0.15, -0.1) is 0 Å². The molecule has 9 heteroatoms. The van der Waals surface area contributed by atoms with Crippen LogP contribution in [-0.2, 0) is 26.3 Å². The van der Waals surface area contributed by atoms with Crippen molar-refractivity contribution in [3.63, 3.8) is 0 Å². The number of hydrogen-bond acceptors (Lipinski definition) is 4. The predicted molar refractivity (Wildman–Crippen MR) is 150 cm³/mol. The standard InChI is InChI=1S/C28H42N4O4S/c1-10-24(27(34)29-28(5,6)7)31(18-23-15-12-20(2)13-16-23)26(33)19-32(37(35,36)30(8)9)25-17-21(3)11-14-22(25)4/h11-17,24H,10,18-19H2,1-9H3,(H,29,34)/t24-/m0/s1. The van der Waals surface area contributed by atoms with Gasteiger partial charge in [0, 0.05) is 26.2 Å². The van der Waals surface area contributed by atoms with Gasteiger partial charge in [0.1, 0.15) is 12.6 Å². The predicted octanol–water partition coefficient (Wildman–Crippen LogP) is 3.95. The number of amides is 2. The van der Waals surface area contributed by atoms with Crippen molar-refractivity contribution in [3.05, 3.63) is 64.7 Å². The molecule has 0 fully saturated rings. The average Bonchev–Trinajstić information content (AvgIpc) is 2.78. The van der Waals surface area contributed by atoms with Gasteiger partial charge in [-0.1, -0.05) is 48.9 Å². The molecule has 2 aromatic rings. The van der Waals surface area contributed by atoms with Crippen molar-refractivity contribution in [3.8, 4) is 0 Å². The third-order valence-corrected chi connectivity index (χ3v) is 7.82. The number of carbonyl (C=O) groups is 2. The van der Waals surface area contributed by atoms with Crippen molar-refractivity contribution in [2.45, 2.75) is 73.0 Å². The van der Waals surface area contributed by atoms with Crippen LogP contribution in [0.5, 0.6) is 0 Å². The second-order valence-electron chi connectivity index (χ2n) is 10.8. The Labute approximate surface area is 222 Å². The third kappa shape index (κ3) is 8.04. The molecule has 0 saturated carbocycles. The second-order valence-corrected chi connectivity index (χ2v) is 12.8. The van der Waals surface area contributed by atoms with Gasteiger partial charge in [0.2, 0.25) is 11.8 Å². The van der Waals surface area contributed by atoms with Gasteiger partial charge in [-0.3, -0.25) is 9.59 Å². The van der Waals surface area contributed by atoms with Crippen LogP contribution in [0.3, 0.4) is 0 Å². The van der Waals surface area contributed by atoms with Crippen LogP contribution in [0.4, 0.5) is 5.69 Å². The Kier molecular flexibility index (Phi) is 9.91. The minimum atomic E-state index is -4.00. The Balaban J connectivity index is 2.57. The van der Waals surface area contributed by atoms with Crippen molar-refractivity contribution in [2.75, 3.05) is 24.9 Å². The zero-order chi connectivity index (χ0) is 28.1. The largest absolute Gasteiger partial charge is 0.350 e. The van der Waals surface area contributed by atoms with E-state index in [-0.39, 0.29) is 12.5 Å². The summed E-state index contributed by atoms with van der Waals surface area (Å²) in [6, 6.07) is 12.5. The summed E-state index contributed by atoms with van der Waals surface area (Å²) in [6.45, 7) is 12.9. The molecule has 0 bridgehead atoms. The Morgan fingerprint density at radius 1 is 0.946 bits per heavy atom. The SMILES string of the molecule is CC[C@@H](C(=O)NC(C)(C)C)N(Cc1ccc(C)cc1)C(=O)CN(c1cc(C)ccc1C)S(=O)(=O)N(C)C. The van der Waals surface area contributed by atoms with Gasteiger partial charge in [-0.25, -0.2) is 4.31 Å². The Morgan fingerprint density at radius 2 is 1.51 bits per heavy atom. The molecule has 0 spiro atoms. The lowest BCUT2D eigenvalue weighted by atomic mass is 10.1. The molecule has 0 saturated heterocycles. The van der Waals surface area contributed by atoms with Gasteiger partial charge in [0.05, 0.1) is 5.69 Å². The van der Waals surface area contributed by atoms with Crippen LogP contribution in [0.2, 0.25) is 0 Å². The summed E-state index contributed by atoms with van der Waals surface area (Å²) in [6.07, 6.45) is 0.378. The molecule has 0 aromatic heterocycles. The van der Waals surface area contributed by atoms with Crippen molar-refractivity contribution >= 4 is 27.7 Å². The summed E-state index contributed by atoms with van der Waals surface area (Å²) in [4.78, 5) is 28.7. The van der Waals surface area contributed by atoms with Crippen LogP contribution >= 0.6 is 0 Å². The molecule has 1 N–H and O–H groups in total. The second kappa shape index (κ2) is 12.1. The number of nitrogens with zero attached hydrogens (tertiary/aromatic N) is 3. The summed E-state index contributed by atoms with van der Waals surface area (Å²) >= 11 is 0. The van der Waals surface area contributed by atoms with E-state index in [1.54, 1.807) is 6.07 Å². The van der Waals surface area contributed by atoms with Gasteiger partial charge >= 0.3 is 10.2 Å². The normalized spacial score (nSPS) is 12.8. The Hall–Kier alpha value is -2.91. The van der Waals surface area contributed by atoms with E-state index in [1.807, 2.05) is 84.9 Å². The van der Waals surface area contributed by atoms with E-state index < -0.39 is 34.2 Å². The van der Waals surface area contributed by atoms with E-state index in [4.69, 9.17) is 0 Å². The van der Waals surface area contributed by atoms with E-state index in [1.165, 1.54) is 19.0 Å². The van der Waals surface area contributed by atoms with Gasteiger partial charge < -0.3 is 10.2 Å². The highest BCUT2D eigenvalue weighted by Gasteiger charge is 2.35. The Bertz CT molecular complexity index is 1200. The molecule has 0 unspecified atom stereocenters. The van der Waals surface area contributed by atoms with Gasteiger partial charge in [-0.2, -0.15) is 12.7 Å². The summed E-state index contributed by atoms with van der Waals surface area (Å²) in [5.74, 6) is -0.730. The first-order valence-electron chi connectivity index (χ1n) is 12.5. The molecule has 2 amide bonds. The summed E-state index contributed by atoms with van der Waals surface area (Å²) in [5.41, 5.74) is 3.49. The van der Waals surface area contributed by atoms with Crippen LogP contribution in [0, 0.1) is 20.8 Å². The number of rotatable bonds is 10. The highest BCUT2D eigenvalue weighted by molar-refractivity contribution is 7.90. The molecule has 204 valence electrons. The van der Waals surface area contributed by atoms with Gasteiger partial charge in [0.25, 0.3) is 0 Å². The number of hydrogen-bond donors (Lipinski definition) is 1. The van der Waals surface area contributed by atoms with E-state index in [9.17, 15) is 18.0 Å². The maximum absolute atomic E-state index is 14.0. The van der Waals surface area contributed by atoms with E-state index in [0.717, 1.165) is 30.9 Å². The van der Waals surface area contributed by atoms with Crippen LogP contribution in [-0.4, -0.2) is 61.7 Å². The molecule has 0 aliphatic heterocycles. The highest BCUT2D eigenvalue weighted by atomic mass is 32.2. The molecule has 1 atom stereocenters. The number of anilines is 1. The monoisotopic (exact) mass is 530 g/mol. The lowest BCUT2D eigenvalue weighted by Gasteiger charge is -2.35. The van der Waals surface area contributed by atoms with Gasteiger partial charge in [-0.05, 0) is 70.7 Å². The molecular weight excluding hydrogens is 488 g/mol. The van der Waals surface area contributed by atoms with Crippen LogP contribution < -0.4 is 9.62 Å². The highest BCUT2D eigenvalue weighted by Crippen LogP contribution is 2.26. The summed E-state index contributed by atoms with van der Waals surface area (Å²) in [5, 5.41) is 2.98. The third-order valence-electron chi connectivity index (χ3n) is 6.01. The average molecular weight is 531 g/mol. The first-order chi connectivity index (χ1) is 17.1. The number of carbonyl (C=O) groups excluding carboxylic acids is 2. The molecule has 2 aromatic carbocycles. The van der Waals surface area contributed by atoms with E-state index >= 15 is 0 Å². The molecule has 2 rings (SSSR count). The van der Waals surface area contributed by atoms with Crippen LogP contribution in [0.15, 0.2) is 42.5 Å². The quantitative estimate of drug-likeness (QED) is 0.504. The summed E-state index contributed by atoms with van der Waals surface area (Å²) < 4.78 is 29.0. The number of aryl methyl sites for hydroxylation is 3. The summed E-state index contributed by atoms with van der Waals surface area (Å²) in [7, 11) is -1.12. The lowest BCUT2D eigenvalue weighted by molar-refractivity contribution is -0.141. The zero-order valence-electron chi connectivity index (χ0n) is 23.6. The van der Waals surface area contributed by atoms with E-state index in [0.29, 0.717) is 12.1 Å². The molecule has 0 aliphatic rings. The fourth-order valence-electron chi connectivity index (χ4n) is 3.95. The molecule has 0 aliphatic carbocycles. The molecule has 37 heavy (non-hydrogen) atoms. The maximum atomic E-state index is 14.0. The molecular formula is C28H42N4O4S. The minimum absolute atomic E-state index is 0.178. The fraction of sp³-hybridized carbons (Fsp3) is 0.500. The van der Waals surface area contributed by atoms with E-state index in [2.05, 4.69) is 5.32 Å². The molecule has 0 radical (unpaired) electrons. The molecule has 8 nitrogen and oxygen atoms in total. The van der Waals surface area contributed by atoms with Crippen molar-refractivity contribution in [2.24, 2.45) is 0 Å². The van der Waals surface area contributed by atoms with Gasteiger partial charge in [0.15, 0.2) is 0 Å². The molecule has 0 heterocycles. The first-order valence-corrected chi connectivity index (χ1v) is 13.9. The number of benzene rings is 2. The topological polar surface area (TPSA) is 90.0 Å². The number of nitrogens with one attached hydrogen (secondary N) is 1. The fourth-order valence-corrected chi connectivity index (χ4v) is 5.07. The van der Waals surface area contributed by atoms with Crippen molar-refractivity contribution < 1.29 is 18.0 Å². The minimum Gasteiger partial charge on any atom is -0.350 e. The maximum Gasteiger partial charge on any atom is 0.304 e. The van der Waals surface area contributed by atoms with Crippen LogP contribution in [0.1, 0.15) is 56.4 Å². The van der Waals surface area contributed by atoms with Crippen molar-refractivity contribution in [1.29, 1.82) is 0 Å². The van der Waals surface area contributed by atoms with Crippen molar-refractivity contribution in [1.82, 2.24) is 14.5 Å².